The first kappa shape index (κ1) is 25.7. The number of fused-ring (bicyclic) bond motifs is 1. The molecule has 0 aliphatic carbocycles. The van der Waals surface area contributed by atoms with E-state index in [1.54, 1.807) is 36.4 Å². The molecule has 0 spiro atoms. The molecule has 5 aromatic rings. The number of H-pyrrole nitrogens is 1. The molecule has 3 heterocycles. The highest BCUT2D eigenvalue weighted by Crippen LogP contribution is 2.30. The average Bonchev–Trinajstić information content (AvgIpc) is 3.38. The molecule has 39 heavy (non-hydrogen) atoms. The molecule has 0 unspecified atom stereocenters. The molecule has 0 fully saturated rings. The first-order chi connectivity index (χ1) is 18.7. The highest BCUT2D eigenvalue weighted by molar-refractivity contribution is 7.94. The van der Waals surface area contributed by atoms with Gasteiger partial charge in [0.15, 0.2) is 5.82 Å². The minimum Gasteiger partial charge on any atom is -0.467 e. The molecule has 3 aromatic heterocycles. The minimum absolute atomic E-state index is 0.0620. The lowest BCUT2D eigenvalue weighted by Gasteiger charge is -2.21. The summed E-state index contributed by atoms with van der Waals surface area (Å²) in [6, 6.07) is 11.6. The molecular formula is C26H20F2N6O4S. The summed E-state index contributed by atoms with van der Waals surface area (Å²) in [6.07, 6.45) is 5.82. The number of carbonyl (C=O) groups is 1. The fraction of sp³-hybridized carbons (Fsp3) is 0.0769. The quantitative estimate of drug-likeness (QED) is 0.275. The smallest absolute Gasteiger partial charge is 0.323 e. The van der Waals surface area contributed by atoms with Gasteiger partial charge in [-0.15, -0.1) is 0 Å². The number of aromatic nitrogens is 4. The van der Waals surface area contributed by atoms with E-state index >= 15 is 4.39 Å². The number of nitrogens with one attached hydrogen (secondary N) is 2. The van der Waals surface area contributed by atoms with Crippen molar-refractivity contribution in [1.29, 1.82) is 0 Å². The second-order valence-corrected chi connectivity index (χ2v) is 10.0. The molecule has 0 aliphatic heterocycles. The second-order valence-electron chi connectivity index (χ2n) is 8.30. The lowest BCUT2D eigenvalue weighted by Crippen LogP contribution is -2.33. The lowest BCUT2D eigenvalue weighted by atomic mass is 10.0. The van der Waals surface area contributed by atoms with Gasteiger partial charge in [0.25, 0.3) is 0 Å². The van der Waals surface area contributed by atoms with Crippen LogP contribution in [0, 0.1) is 11.6 Å². The van der Waals surface area contributed by atoms with Crippen LogP contribution in [0.2, 0.25) is 0 Å². The van der Waals surface area contributed by atoms with Crippen LogP contribution in [0.3, 0.4) is 0 Å². The van der Waals surface area contributed by atoms with Crippen LogP contribution in [0.25, 0.3) is 22.2 Å². The molecule has 0 radical (unpaired) electrons. The molecule has 0 saturated heterocycles. The lowest BCUT2D eigenvalue weighted by molar-refractivity contribution is 0.103. The number of anilines is 2. The third-order valence-corrected chi connectivity index (χ3v) is 7.37. The molecule has 2 aromatic carbocycles. The van der Waals surface area contributed by atoms with Gasteiger partial charge in [0, 0.05) is 53.9 Å². The molecule has 10 nitrogen and oxygen atoms in total. The van der Waals surface area contributed by atoms with Gasteiger partial charge in [0.1, 0.15) is 11.5 Å². The van der Waals surface area contributed by atoms with Gasteiger partial charge in [-0.05, 0) is 30.3 Å². The number of ketones is 1. The number of para-hydroxylation sites is 1. The van der Waals surface area contributed by atoms with E-state index in [-0.39, 0.29) is 11.6 Å². The third kappa shape index (κ3) is 4.86. The van der Waals surface area contributed by atoms with E-state index < -0.39 is 38.9 Å². The number of hydrogen-bond donors (Lipinski definition) is 2. The fourth-order valence-electron chi connectivity index (χ4n) is 3.88. The van der Waals surface area contributed by atoms with Crippen molar-refractivity contribution in [3.05, 3.63) is 96.1 Å². The Hall–Kier alpha value is -4.91. The summed E-state index contributed by atoms with van der Waals surface area (Å²) in [5.74, 6) is -3.51. The number of carbonyl (C=O) groups excluding carboxylic acids is 1. The summed E-state index contributed by atoms with van der Waals surface area (Å²) in [7, 11) is -1.60. The van der Waals surface area contributed by atoms with Crippen LogP contribution in [0.1, 0.15) is 15.9 Å². The molecule has 0 amide bonds. The summed E-state index contributed by atoms with van der Waals surface area (Å²) >= 11 is 0. The van der Waals surface area contributed by atoms with Gasteiger partial charge >= 0.3 is 16.2 Å². The van der Waals surface area contributed by atoms with Crippen molar-refractivity contribution < 1.29 is 26.7 Å². The van der Waals surface area contributed by atoms with Gasteiger partial charge in [0.2, 0.25) is 5.78 Å². The molecule has 13 heteroatoms. The predicted molar refractivity (Wildman–Crippen MR) is 141 cm³/mol. The van der Waals surface area contributed by atoms with E-state index in [9.17, 15) is 17.6 Å². The van der Waals surface area contributed by atoms with Crippen LogP contribution in [0.15, 0.2) is 73.3 Å². The topological polar surface area (TPSA) is 130 Å². The highest BCUT2D eigenvalue weighted by Gasteiger charge is 2.27. The number of ether oxygens (including phenoxy) is 1. The minimum atomic E-state index is -4.30. The maximum atomic E-state index is 15.5. The van der Waals surface area contributed by atoms with Crippen LogP contribution in [0.5, 0.6) is 6.01 Å². The Morgan fingerprint density at radius 2 is 1.69 bits per heavy atom. The van der Waals surface area contributed by atoms with E-state index in [1.165, 1.54) is 38.9 Å². The van der Waals surface area contributed by atoms with Crippen LogP contribution in [0.4, 0.5) is 20.2 Å². The van der Waals surface area contributed by atoms with Gasteiger partial charge in [-0.2, -0.15) is 8.42 Å². The molecule has 0 atom stereocenters. The normalized spacial score (nSPS) is 11.4. The van der Waals surface area contributed by atoms with E-state index in [1.807, 2.05) is 0 Å². The Morgan fingerprint density at radius 3 is 2.38 bits per heavy atom. The van der Waals surface area contributed by atoms with Gasteiger partial charge in [-0.1, -0.05) is 18.2 Å². The monoisotopic (exact) mass is 550 g/mol. The van der Waals surface area contributed by atoms with Crippen LogP contribution in [-0.2, 0) is 10.2 Å². The largest absolute Gasteiger partial charge is 0.467 e. The second kappa shape index (κ2) is 10.1. The van der Waals surface area contributed by atoms with Crippen molar-refractivity contribution in [3.8, 4) is 17.1 Å². The predicted octanol–water partition coefficient (Wildman–Crippen LogP) is 4.33. The van der Waals surface area contributed by atoms with Crippen molar-refractivity contribution in [3.63, 3.8) is 0 Å². The molecule has 0 saturated carbocycles. The maximum absolute atomic E-state index is 15.5. The number of halogens is 2. The first-order valence-electron chi connectivity index (χ1n) is 11.4. The number of benzene rings is 2. The Morgan fingerprint density at radius 1 is 1.00 bits per heavy atom. The Bertz CT molecular complexity index is 1800. The van der Waals surface area contributed by atoms with Crippen LogP contribution < -0.4 is 13.8 Å². The highest BCUT2D eigenvalue weighted by atomic mass is 32.2. The molecule has 0 aliphatic rings. The van der Waals surface area contributed by atoms with Crippen molar-refractivity contribution in [2.75, 3.05) is 23.2 Å². The number of pyridine rings is 1. The number of rotatable bonds is 8. The summed E-state index contributed by atoms with van der Waals surface area (Å²) < 4.78 is 64.1. The first-order valence-corrected chi connectivity index (χ1v) is 12.8. The fourth-order valence-corrected chi connectivity index (χ4v) is 4.85. The molecular weight excluding hydrogens is 530 g/mol. The SMILES string of the molecule is COc1ncc(-c2cnc3[nH]cc(C(=O)c4c(F)ccc(NS(=O)(=O)N(C)c5ccccc5)c4F)c3c2)cn1. The standard InChI is InChI=1S/C26H20F2N6O4S/c1-34(17-6-4-3-5-7-17)39(36,37)33-21-9-8-20(27)22(23(21)28)24(35)19-14-30-25-18(19)10-15(11-29-25)16-12-31-26(38-2)32-13-16/h3-14,33H,1-2H3,(H,29,30). The molecule has 2 N–H and O–H groups in total. The molecule has 5 rings (SSSR count). The van der Waals surface area contributed by atoms with Crippen molar-refractivity contribution in [2.45, 2.75) is 0 Å². The zero-order valence-corrected chi connectivity index (χ0v) is 21.3. The number of hydrogen-bond acceptors (Lipinski definition) is 7. The summed E-state index contributed by atoms with van der Waals surface area (Å²) in [5, 5.41) is 0.293. The van der Waals surface area contributed by atoms with Crippen LogP contribution >= 0.6 is 0 Å². The van der Waals surface area contributed by atoms with E-state index in [0.717, 1.165) is 16.4 Å². The summed E-state index contributed by atoms with van der Waals surface area (Å²) in [4.78, 5) is 28.6. The van der Waals surface area contributed by atoms with Gasteiger partial charge in [-0.25, -0.2) is 23.7 Å². The summed E-state index contributed by atoms with van der Waals surface area (Å²) in [6.45, 7) is 0. The Kier molecular flexibility index (Phi) is 6.66. The average molecular weight is 551 g/mol. The number of nitrogens with zero attached hydrogens (tertiary/aromatic N) is 4. The van der Waals surface area contributed by atoms with Gasteiger partial charge < -0.3 is 9.72 Å². The van der Waals surface area contributed by atoms with Gasteiger partial charge in [0.05, 0.1) is 24.0 Å². The van der Waals surface area contributed by atoms with E-state index in [4.69, 9.17) is 4.74 Å². The summed E-state index contributed by atoms with van der Waals surface area (Å²) in [5.41, 5.74) is 0.166. The van der Waals surface area contributed by atoms with E-state index in [2.05, 4.69) is 24.7 Å². The van der Waals surface area contributed by atoms with Crippen molar-refractivity contribution in [1.82, 2.24) is 19.9 Å². The zero-order valence-electron chi connectivity index (χ0n) is 20.5. The third-order valence-electron chi connectivity index (χ3n) is 5.96. The zero-order chi connectivity index (χ0) is 27.7. The molecule has 0 bridgehead atoms. The van der Waals surface area contributed by atoms with Crippen molar-refractivity contribution >= 4 is 38.4 Å². The number of methoxy groups -OCH3 is 1. The Balaban J connectivity index is 1.51. The molecule has 198 valence electrons. The van der Waals surface area contributed by atoms with Gasteiger partial charge in [-0.3, -0.25) is 13.8 Å². The number of aromatic amines is 1. The maximum Gasteiger partial charge on any atom is 0.323 e. The van der Waals surface area contributed by atoms with Crippen molar-refractivity contribution in [2.24, 2.45) is 0 Å². The van der Waals surface area contributed by atoms with Crippen LogP contribution in [-0.4, -0.2) is 48.3 Å². The Labute approximate surface area is 221 Å². The van der Waals surface area contributed by atoms with E-state index in [0.29, 0.717) is 27.8 Å².